The lowest BCUT2D eigenvalue weighted by Crippen LogP contribution is -2.40. The van der Waals surface area contributed by atoms with Crippen molar-refractivity contribution in [3.8, 4) is 5.69 Å². The van der Waals surface area contributed by atoms with E-state index in [9.17, 15) is 14.4 Å². The summed E-state index contributed by atoms with van der Waals surface area (Å²) < 4.78 is 1.69. The largest absolute Gasteiger partial charge is 0.322 e. The standard InChI is InChI=1S/C22H20ClN5O3/c1-3-18-17(12-24-28(18)16-9-5-7-14(23)11-16)19(29)25-15-8-4-6-13(10-15)22(2)20(30)26-21(31)27-22/h4-12H,3H2,1-2H3,(H,25,29)(H2,26,27,30,31). The lowest BCUT2D eigenvalue weighted by molar-refractivity contribution is -0.123. The number of carbonyl (C=O) groups is 3. The van der Waals surface area contributed by atoms with Crippen LogP contribution in [0.5, 0.6) is 0 Å². The smallest absolute Gasteiger partial charge is 0.322 e. The fourth-order valence-electron chi connectivity index (χ4n) is 3.59. The molecule has 2 heterocycles. The maximum atomic E-state index is 13.0. The molecule has 4 rings (SSSR count). The molecule has 0 aliphatic carbocycles. The summed E-state index contributed by atoms with van der Waals surface area (Å²) in [6.07, 6.45) is 2.10. The Hall–Kier alpha value is -3.65. The maximum Gasteiger partial charge on any atom is 0.322 e. The second-order valence-corrected chi connectivity index (χ2v) is 7.75. The first kappa shape index (κ1) is 20.6. The summed E-state index contributed by atoms with van der Waals surface area (Å²) in [7, 11) is 0. The quantitative estimate of drug-likeness (QED) is 0.532. The molecule has 1 aliphatic rings. The normalized spacial score (nSPS) is 17.9. The van der Waals surface area contributed by atoms with Crippen molar-refractivity contribution in [1.82, 2.24) is 20.4 Å². The third kappa shape index (κ3) is 3.77. The van der Waals surface area contributed by atoms with Gasteiger partial charge in [0.2, 0.25) is 0 Å². The molecule has 31 heavy (non-hydrogen) atoms. The summed E-state index contributed by atoms with van der Waals surface area (Å²) in [6.45, 7) is 3.55. The Bertz CT molecular complexity index is 1210. The van der Waals surface area contributed by atoms with Gasteiger partial charge < -0.3 is 10.6 Å². The average Bonchev–Trinajstić information content (AvgIpc) is 3.29. The van der Waals surface area contributed by atoms with Gasteiger partial charge in [0.25, 0.3) is 11.8 Å². The molecule has 8 nitrogen and oxygen atoms in total. The minimum Gasteiger partial charge on any atom is -0.322 e. The average molecular weight is 438 g/mol. The number of hydrogen-bond acceptors (Lipinski definition) is 4. The maximum absolute atomic E-state index is 13.0. The van der Waals surface area contributed by atoms with Gasteiger partial charge in [-0.2, -0.15) is 5.10 Å². The molecular weight excluding hydrogens is 418 g/mol. The molecule has 1 aromatic heterocycles. The van der Waals surface area contributed by atoms with Crippen molar-refractivity contribution in [2.24, 2.45) is 0 Å². The number of urea groups is 1. The Balaban J connectivity index is 1.61. The molecule has 158 valence electrons. The van der Waals surface area contributed by atoms with E-state index >= 15 is 0 Å². The van der Waals surface area contributed by atoms with Crippen molar-refractivity contribution in [2.45, 2.75) is 25.8 Å². The van der Waals surface area contributed by atoms with Crippen LogP contribution in [0.4, 0.5) is 10.5 Å². The molecule has 0 saturated carbocycles. The number of carbonyl (C=O) groups excluding carboxylic acids is 3. The van der Waals surface area contributed by atoms with E-state index in [-0.39, 0.29) is 5.91 Å². The summed E-state index contributed by atoms with van der Waals surface area (Å²) in [5, 5.41) is 12.6. The third-order valence-electron chi connectivity index (χ3n) is 5.24. The van der Waals surface area contributed by atoms with E-state index in [1.807, 2.05) is 19.1 Å². The molecule has 1 fully saturated rings. The van der Waals surface area contributed by atoms with Gasteiger partial charge in [0.1, 0.15) is 5.54 Å². The molecule has 0 spiro atoms. The monoisotopic (exact) mass is 437 g/mol. The van der Waals surface area contributed by atoms with E-state index in [0.29, 0.717) is 28.3 Å². The van der Waals surface area contributed by atoms with Crippen molar-refractivity contribution in [2.75, 3.05) is 5.32 Å². The number of benzene rings is 2. The molecule has 3 N–H and O–H groups in total. The van der Waals surface area contributed by atoms with Crippen molar-refractivity contribution < 1.29 is 14.4 Å². The summed E-state index contributed by atoms with van der Waals surface area (Å²) in [5.74, 6) is -0.774. The summed E-state index contributed by atoms with van der Waals surface area (Å²) in [5.41, 5.74) is 1.79. The zero-order valence-electron chi connectivity index (χ0n) is 16.9. The fourth-order valence-corrected chi connectivity index (χ4v) is 3.77. The number of aromatic nitrogens is 2. The lowest BCUT2D eigenvalue weighted by atomic mass is 9.92. The zero-order chi connectivity index (χ0) is 22.2. The highest BCUT2D eigenvalue weighted by Crippen LogP contribution is 2.27. The second kappa shape index (κ2) is 7.88. The van der Waals surface area contributed by atoms with Gasteiger partial charge in [-0.25, -0.2) is 9.48 Å². The highest BCUT2D eigenvalue weighted by molar-refractivity contribution is 6.30. The van der Waals surface area contributed by atoms with Crippen LogP contribution in [0.1, 0.15) is 35.5 Å². The predicted molar refractivity (Wildman–Crippen MR) is 116 cm³/mol. The van der Waals surface area contributed by atoms with E-state index in [1.165, 1.54) is 6.20 Å². The van der Waals surface area contributed by atoms with Gasteiger partial charge in [-0.05, 0) is 49.2 Å². The SMILES string of the molecule is CCc1c(C(=O)Nc2cccc(C3(C)NC(=O)NC3=O)c2)cnn1-c1cccc(Cl)c1. The first-order valence-electron chi connectivity index (χ1n) is 9.70. The number of amides is 4. The first-order valence-corrected chi connectivity index (χ1v) is 10.1. The Morgan fingerprint density at radius 1 is 1.19 bits per heavy atom. The molecule has 3 aromatic rings. The molecule has 4 amide bonds. The van der Waals surface area contributed by atoms with E-state index in [2.05, 4.69) is 21.0 Å². The molecule has 0 radical (unpaired) electrons. The third-order valence-corrected chi connectivity index (χ3v) is 5.48. The van der Waals surface area contributed by atoms with Crippen molar-refractivity contribution in [1.29, 1.82) is 0 Å². The van der Waals surface area contributed by atoms with Gasteiger partial charge in [-0.3, -0.25) is 14.9 Å². The first-order chi connectivity index (χ1) is 14.8. The molecule has 0 bridgehead atoms. The van der Waals surface area contributed by atoms with Crippen LogP contribution in [-0.2, 0) is 16.8 Å². The van der Waals surface area contributed by atoms with Crippen LogP contribution < -0.4 is 16.0 Å². The fraction of sp³-hybridized carbons (Fsp3) is 0.182. The number of halogens is 1. The van der Waals surface area contributed by atoms with E-state index in [4.69, 9.17) is 11.6 Å². The van der Waals surface area contributed by atoms with Crippen LogP contribution in [-0.4, -0.2) is 27.6 Å². The van der Waals surface area contributed by atoms with Gasteiger partial charge in [-0.15, -0.1) is 0 Å². The molecule has 9 heteroatoms. The zero-order valence-corrected chi connectivity index (χ0v) is 17.7. The second-order valence-electron chi connectivity index (χ2n) is 7.32. The topological polar surface area (TPSA) is 105 Å². The van der Waals surface area contributed by atoms with Crippen LogP contribution in [0.25, 0.3) is 5.69 Å². The Labute approximate surface area is 183 Å². The summed E-state index contributed by atoms with van der Waals surface area (Å²) >= 11 is 6.09. The number of nitrogens with zero attached hydrogens (tertiary/aromatic N) is 2. The minimum absolute atomic E-state index is 0.327. The highest BCUT2D eigenvalue weighted by Gasteiger charge is 2.43. The number of nitrogens with one attached hydrogen (secondary N) is 3. The van der Waals surface area contributed by atoms with Gasteiger partial charge in [-0.1, -0.05) is 36.7 Å². The van der Waals surface area contributed by atoms with Gasteiger partial charge in [0.05, 0.1) is 23.1 Å². The van der Waals surface area contributed by atoms with E-state index < -0.39 is 17.5 Å². The van der Waals surface area contributed by atoms with Crippen LogP contribution in [0.3, 0.4) is 0 Å². The Morgan fingerprint density at radius 3 is 2.65 bits per heavy atom. The number of hydrogen-bond donors (Lipinski definition) is 3. The summed E-state index contributed by atoms with van der Waals surface area (Å²) in [4.78, 5) is 36.8. The van der Waals surface area contributed by atoms with Crippen LogP contribution in [0.2, 0.25) is 5.02 Å². The number of imide groups is 1. The van der Waals surface area contributed by atoms with E-state index in [0.717, 1.165) is 11.4 Å². The van der Waals surface area contributed by atoms with Gasteiger partial charge in [0, 0.05) is 10.7 Å². The van der Waals surface area contributed by atoms with Crippen molar-refractivity contribution >= 4 is 35.1 Å². The van der Waals surface area contributed by atoms with Crippen molar-refractivity contribution in [3.63, 3.8) is 0 Å². The van der Waals surface area contributed by atoms with Gasteiger partial charge >= 0.3 is 6.03 Å². The molecule has 1 unspecified atom stereocenters. The molecular formula is C22H20ClN5O3. The van der Waals surface area contributed by atoms with Crippen LogP contribution in [0, 0.1) is 0 Å². The van der Waals surface area contributed by atoms with Crippen LogP contribution in [0.15, 0.2) is 54.7 Å². The molecule has 2 aromatic carbocycles. The van der Waals surface area contributed by atoms with Crippen molar-refractivity contribution in [3.05, 3.63) is 76.6 Å². The lowest BCUT2D eigenvalue weighted by Gasteiger charge is -2.21. The highest BCUT2D eigenvalue weighted by atomic mass is 35.5. The van der Waals surface area contributed by atoms with Crippen LogP contribution >= 0.6 is 11.6 Å². The predicted octanol–water partition coefficient (Wildman–Crippen LogP) is 3.40. The summed E-state index contributed by atoms with van der Waals surface area (Å²) in [6, 6.07) is 13.5. The molecule has 1 atom stereocenters. The molecule has 1 aliphatic heterocycles. The number of anilines is 1. The minimum atomic E-state index is -1.20. The van der Waals surface area contributed by atoms with E-state index in [1.54, 1.807) is 48.0 Å². The molecule has 1 saturated heterocycles. The Morgan fingerprint density at radius 2 is 1.97 bits per heavy atom. The van der Waals surface area contributed by atoms with Gasteiger partial charge in [0.15, 0.2) is 0 Å². The number of rotatable bonds is 5. The Kier molecular flexibility index (Phi) is 5.24.